The second-order valence-corrected chi connectivity index (χ2v) is 7.80. The van der Waals surface area contributed by atoms with E-state index in [2.05, 4.69) is 5.32 Å². The number of nitrogens with one attached hydrogen (secondary N) is 1. The standard InChI is InChI=1S/C15H26N2O3S/c1-16-15(13-18,14-7-5-4-6-8-14)9-10-17(2)11-12-21(3,19)20/h4-8,16,18H,9-13H2,1-3H3. The minimum atomic E-state index is -2.94. The average Bonchev–Trinajstić information content (AvgIpc) is 2.47. The molecule has 0 heterocycles. The zero-order valence-electron chi connectivity index (χ0n) is 13.0. The molecule has 5 nitrogen and oxygen atoms in total. The molecule has 0 aliphatic heterocycles. The van der Waals surface area contributed by atoms with E-state index in [1.807, 2.05) is 49.3 Å². The van der Waals surface area contributed by atoms with E-state index in [4.69, 9.17) is 0 Å². The molecule has 0 bridgehead atoms. The Morgan fingerprint density at radius 1 is 1.24 bits per heavy atom. The Hall–Kier alpha value is -0.950. The van der Waals surface area contributed by atoms with Crippen LogP contribution in [0.2, 0.25) is 0 Å². The predicted octanol–water partition coefficient (Wildman–Crippen LogP) is 0.460. The van der Waals surface area contributed by atoms with Crippen molar-refractivity contribution in [2.24, 2.45) is 0 Å². The second kappa shape index (κ2) is 7.89. The third-order valence-electron chi connectivity index (χ3n) is 3.84. The van der Waals surface area contributed by atoms with Gasteiger partial charge in [0, 0.05) is 19.3 Å². The molecule has 0 fully saturated rings. The molecule has 0 saturated carbocycles. The van der Waals surface area contributed by atoms with Crippen LogP contribution in [0, 0.1) is 0 Å². The molecule has 1 atom stereocenters. The van der Waals surface area contributed by atoms with E-state index in [1.54, 1.807) is 0 Å². The summed E-state index contributed by atoms with van der Waals surface area (Å²) in [5.74, 6) is 0.153. The first-order valence-electron chi connectivity index (χ1n) is 7.04. The maximum absolute atomic E-state index is 11.2. The zero-order chi connectivity index (χ0) is 15.9. The molecule has 0 spiro atoms. The van der Waals surface area contributed by atoms with Crippen LogP contribution in [-0.2, 0) is 15.4 Å². The number of benzene rings is 1. The molecule has 0 amide bonds. The van der Waals surface area contributed by atoms with Crippen LogP contribution in [0.3, 0.4) is 0 Å². The van der Waals surface area contributed by atoms with Gasteiger partial charge in [0.2, 0.25) is 0 Å². The third kappa shape index (κ3) is 5.74. The first-order valence-corrected chi connectivity index (χ1v) is 9.10. The van der Waals surface area contributed by atoms with E-state index in [1.165, 1.54) is 6.26 Å². The molecule has 0 radical (unpaired) electrons. The number of hydrogen-bond acceptors (Lipinski definition) is 5. The molecular formula is C15H26N2O3S. The molecule has 1 rings (SSSR count). The van der Waals surface area contributed by atoms with Crippen molar-refractivity contribution >= 4 is 9.84 Å². The Labute approximate surface area is 127 Å². The van der Waals surface area contributed by atoms with Gasteiger partial charge >= 0.3 is 0 Å². The van der Waals surface area contributed by atoms with Gasteiger partial charge in [-0.3, -0.25) is 0 Å². The summed E-state index contributed by atoms with van der Waals surface area (Å²) < 4.78 is 22.4. The Kier molecular flexibility index (Phi) is 6.80. The SMILES string of the molecule is CNC(CO)(CCN(C)CCS(C)(=O)=O)c1ccccc1. The molecule has 1 unspecified atom stereocenters. The number of likely N-dealkylation sites (N-methyl/N-ethyl adjacent to an activating group) is 1. The van der Waals surface area contributed by atoms with E-state index in [9.17, 15) is 13.5 Å². The Balaban J connectivity index is 2.68. The van der Waals surface area contributed by atoms with Gasteiger partial charge < -0.3 is 15.3 Å². The number of aliphatic hydroxyl groups excluding tert-OH is 1. The fourth-order valence-corrected chi connectivity index (χ4v) is 2.88. The van der Waals surface area contributed by atoms with Gasteiger partial charge in [-0.1, -0.05) is 30.3 Å². The molecule has 21 heavy (non-hydrogen) atoms. The van der Waals surface area contributed by atoms with Crippen LogP contribution >= 0.6 is 0 Å². The summed E-state index contributed by atoms with van der Waals surface area (Å²) in [6.07, 6.45) is 1.95. The zero-order valence-corrected chi connectivity index (χ0v) is 13.9. The van der Waals surface area contributed by atoms with Crippen molar-refractivity contribution in [2.75, 3.05) is 45.8 Å². The van der Waals surface area contributed by atoms with Crippen LogP contribution in [0.25, 0.3) is 0 Å². The number of rotatable bonds is 9. The Morgan fingerprint density at radius 2 is 1.86 bits per heavy atom. The Morgan fingerprint density at radius 3 is 2.33 bits per heavy atom. The first-order chi connectivity index (χ1) is 9.83. The highest BCUT2D eigenvalue weighted by Gasteiger charge is 2.29. The summed E-state index contributed by atoms with van der Waals surface area (Å²) in [4.78, 5) is 1.98. The molecule has 1 aromatic carbocycles. The number of aliphatic hydroxyl groups is 1. The van der Waals surface area contributed by atoms with Crippen LogP contribution in [-0.4, -0.2) is 64.2 Å². The van der Waals surface area contributed by atoms with Gasteiger partial charge in [0.25, 0.3) is 0 Å². The molecule has 2 N–H and O–H groups in total. The van der Waals surface area contributed by atoms with Gasteiger partial charge in [-0.15, -0.1) is 0 Å². The van der Waals surface area contributed by atoms with Crippen LogP contribution in [0.5, 0.6) is 0 Å². The number of nitrogens with zero attached hydrogens (tertiary/aromatic N) is 1. The largest absolute Gasteiger partial charge is 0.394 e. The van der Waals surface area contributed by atoms with E-state index >= 15 is 0 Å². The summed E-state index contributed by atoms with van der Waals surface area (Å²) in [5.41, 5.74) is 0.534. The lowest BCUT2D eigenvalue weighted by Crippen LogP contribution is -2.46. The normalized spacial score (nSPS) is 15.1. The van der Waals surface area contributed by atoms with Crippen LogP contribution in [0.1, 0.15) is 12.0 Å². The molecule has 0 saturated heterocycles. The van der Waals surface area contributed by atoms with Gasteiger partial charge in [-0.25, -0.2) is 8.42 Å². The van der Waals surface area contributed by atoms with Crippen molar-refractivity contribution in [1.82, 2.24) is 10.2 Å². The summed E-state index contributed by atoms with van der Waals surface area (Å²) in [5, 5.41) is 13.0. The van der Waals surface area contributed by atoms with Gasteiger partial charge in [-0.05, 0) is 26.1 Å². The van der Waals surface area contributed by atoms with Crippen molar-refractivity contribution < 1.29 is 13.5 Å². The predicted molar refractivity (Wildman–Crippen MR) is 86.1 cm³/mol. The monoisotopic (exact) mass is 314 g/mol. The molecule has 0 aromatic heterocycles. The number of sulfone groups is 1. The summed E-state index contributed by atoms with van der Waals surface area (Å²) >= 11 is 0. The summed E-state index contributed by atoms with van der Waals surface area (Å²) in [6.45, 7) is 1.19. The molecular weight excluding hydrogens is 288 g/mol. The molecule has 0 aliphatic rings. The number of hydrogen-bond donors (Lipinski definition) is 2. The van der Waals surface area contributed by atoms with Crippen LogP contribution in [0.15, 0.2) is 30.3 Å². The minimum absolute atomic E-state index is 0.00652. The van der Waals surface area contributed by atoms with E-state index < -0.39 is 15.4 Å². The van der Waals surface area contributed by atoms with Crippen molar-refractivity contribution in [2.45, 2.75) is 12.0 Å². The minimum Gasteiger partial charge on any atom is -0.394 e. The van der Waals surface area contributed by atoms with E-state index in [-0.39, 0.29) is 12.4 Å². The Bertz CT molecular complexity index is 513. The fourth-order valence-electron chi connectivity index (χ4n) is 2.24. The highest BCUT2D eigenvalue weighted by atomic mass is 32.2. The maximum Gasteiger partial charge on any atom is 0.148 e. The van der Waals surface area contributed by atoms with Crippen molar-refractivity contribution in [1.29, 1.82) is 0 Å². The maximum atomic E-state index is 11.2. The van der Waals surface area contributed by atoms with E-state index in [0.717, 1.165) is 5.56 Å². The van der Waals surface area contributed by atoms with Gasteiger partial charge in [0.05, 0.1) is 17.9 Å². The smallest absolute Gasteiger partial charge is 0.148 e. The van der Waals surface area contributed by atoms with E-state index in [0.29, 0.717) is 19.5 Å². The third-order valence-corrected chi connectivity index (χ3v) is 4.76. The van der Waals surface area contributed by atoms with Crippen LogP contribution < -0.4 is 5.32 Å². The van der Waals surface area contributed by atoms with Crippen molar-refractivity contribution in [3.05, 3.63) is 35.9 Å². The molecule has 6 heteroatoms. The van der Waals surface area contributed by atoms with Crippen LogP contribution in [0.4, 0.5) is 0 Å². The topological polar surface area (TPSA) is 69.6 Å². The van der Waals surface area contributed by atoms with Gasteiger partial charge in [0.15, 0.2) is 0 Å². The lowest BCUT2D eigenvalue weighted by molar-refractivity contribution is 0.145. The summed E-state index contributed by atoms with van der Waals surface area (Å²) in [6, 6.07) is 9.82. The first kappa shape index (κ1) is 18.1. The van der Waals surface area contributed by atoms with Crippen molar-refractivity contribution in [3.63, 3.8) is 0 Å². The van der Waals surface area contributed by atoms with Crippen molar-refractivity contribution in [3.8, 4) is 0 Å². The molecule has 120 valence electrons. The molecule has 0 aliphatic carbocycles. The highest BCUT2D eigenvalue weighted by Crippen LogP contribution is 2.24. The lowest BCUT2D eigenvalue weighted by Gasteiger charge is -2.34. The van der Waals surface area contributed by atoms with Gasteiger partial charge in [-0.2, -0.15) is 0 Å². The quantitative estimate of drug-likeness (QED) is 0.693. The second-order valence-electron chi connectivity index (χ2n) is 5.54. The van der Waals surface area contributed by atoms with Gasteiger partial charge in [0.1, 0.15) is 9.84 Å². The molecule has 1 aromatic rings. The lowest BCUT2D eigenvalue weighted by atomic mass is 9.87. The fraction of sp³-hybridized carbons (Fsp3) is 0.600. The average molecular weight is 314 g/mol. The summed E-state index contributed by atoms with van der Waals surface area (Å²) in [7, 11) is 0.787. The highest BCUT2D eigenvalue weighted by molar-refractivity contribution is 7.90.